The van der Waals surface area contributed by atoms with E-state index in [1.165, 1.54) is 12.1 Å². The van der Waals surface area contributed by atoms with Crippen molar-refractivity contribution in [1.82, 2.24) is 15.1 Å². The van der Waals surface area contributed by atoms with Crippen LogP contribution in [-0.4, -0.2) is 23.4 Å². The van der Waals surface area contributed by atoms with Crippen molar-refractivity contribution in [2.45, 2.75) is 13.3 Å². The van der Waals surface area contributed by atoms with Crippen LogP contribution >= 0.6 is 0 Å². The van der Waals surface area contributed by atoms with Crippen molar-refractivity contribution >= 4 is 0 Å². The van der Waals surface area contributed by atoms with Crippen LogP contribution in [0.2, 0.25) is 0 Å². The van der Waals surface area contributed by atoms with Crippen LogP contribution in [0.25, 0.3) is 11.3 Å². The fraction of sp³-hybridized carbons (Fsp3) is 0.357. The molecule has 0 bridgehead atoms. The predicted molar refractivity (Wildman–Crippen MR) is 70.9 cm³/mol. The van der Waals surface area contributed by atoms with Gasteiger partial charge in [0.15, 0.2) is 0 Å². The molecule has 0 aliphatic carbocycles. The van der Waals surface area contributed by atoms with Crippen molar-refractivity contribution in [3.05, 3.63) is 41.1 Å². The van der Waals surface area contributed by atoms with Gasteiger partial charge in [-0.1, -0.05) is 0 Å². The van der Waals surface area contributed by atoms with Crippen LogP contribution in [0.5, 0.6) is 0 Å². The minimum Gasteiger partial charge on any atom is -0.319 e. The van der Waals surface area contributed by atoms with Crippen LogP contribution in [0.3, 0.4) is 0 Å². The largest absolute Gasteiger partial charge is 0.319 e. The Labute approximate surface area is 111 Å². The van der Waals surface area contributed by atoms with Crippen LogP contribution in [0.4, 0.5) is 8.78 Å². The molecule has 0 aliphatic heterocycles. The predicted octanol–water partition coefficient (Wildman–Crippen LogP) is 2.44. The topological polar surface area (TPSA) is 29.9 Å². The maximum absolute atomic E-state index is 13.9. The maximum atomic E-state index is 13.9. The molecule has 19 heavy (non-hydrogen) atoms. The first-order valence-corrected chi connectivity index (χ1v) is 6.17. The zero-order chi connectivity index (χ0) is 14.0. The molecule has 0 unspecified atom stereocenters. The van der Waals surface area contributed by atoms with E-state index in [0.717, 1.165) is 30.3 Å². The number of nitrogens with zero attached hydrogens (tertiary/aromatic N) is 2. The second-order valence-corrected chi connectivity index (χ2v) is 4.52. The van der Waals surface area contributed by atoms with Gasteiger partial charge in [-0.15, -0.1) is 0 Å². The van der Waals surface area contributed by atoms with Gasteiger partial charge in [-0.05, 0) is 31.7 Å². The zero-order valence-electron chi connectivity index (χ0n) is 11.3. The molecule has 0 amide bonds. The van der Waals surface area contributed by atoms with Gasteiger partial charge in [0, 0.05) is 31.6 Å². The molecule has 2 aromatic rings. The molecule has 1 aromatic heterocycles. The lowest BCUT2D eigenvalue weighted by atomic mass is 10.0. The molecule has 0 saturated carbocycles. The molecule has 2 rings (SSSR count). The van der Waals surface area contributed by atoms with E-state index in [1.54, 1.807) is 11.7 Å². The number of aromatic nitrogens is 2. The fourth-order valence-electron chi connectivity index (χ4n) is 2.22. The summed E-state index contributed by atoms with van der Waals surface area (Å²) in [4.78, 5) is 0. The van der Waals surface area contributed by atoms with E-state index in [9.17, 15) is 8.78 Å². The molecule has 0 radical (unpaired) electrons. The molecule has 102 valence electrons. The van der Waals surface area contributed by atoms with E-state index in [1.807, 2.05) is 14.0 Å². The normalized spacial score (nSPS) is 11.0. The van der Waals surface area contributed by atoms with Gasteiger partial charge < -0.3 is 5.32 Å². The Bertz CT molecular complexity index is 591. The summed E-state index contributed by atoms with van der Waals surface area (Å²) in [7, 11) is 3.65. The molecular formula is C14H17F2N3. The van der Waals surface area contributed by atoms with Crippen LogP contribution in [0.1, 0.15) is 11.3 Å². The van der Waals surface area contributed by atoms with Gasteiger partial charge in [-0.2, -0.15) is 5.10 Å². The van der Waals surface area contributed by atoms with Crippen molar-refractivity contribution in [3.63, 3.8) is 0 Å². The number of aryl methyl sites for hydroxylation is 1. The van der Waals surface area contributed by atoms with Crippen molar-refractivity contribution in [2.24, 2.45) is 7.05 Å². The zero-order valence-corrected chi connectivity index (χ0v) is 11.3. The Morgan fingerprint density at radius 3 is 2.68 bits per heavy atom. The van der Waals surface area contributed by atoms with Gasteiger partial charge in [0.2, 0.25) is 0 Å². The van der Waals surface area contributed by atoms with E-state index in [0.29, 0.717) is 11.3 Å². The van der Waals surface area contributed by atoms with E-state index < -0.39 is 11.6 Å². The molecule has 0 saturated heterocycles. The van der Waals surface area contributed by atoms with Crippen molar-refractivity contribution in [2.75, 3.05) is 13.6 Å². The second-order valence-electron chi connectivity index (χ2n) is 4.52. The monoisotopic (exact) mass is 265 g/mol. The highest BCUT2D eigenvalue weighted by atomic mass is 19.1. The highest BCUT2D eigenvalue weighted by Crippen LogP contribution is 2.28. The summed E-state index contributed by atoms with van der Waals surface area (Å²) in [6, 6.07) is 3.61. The van der Waals surface area contributed by atoms with E-state index in [4.69, 9.17) is 0 Å². The number of nitrogens with one attached hydrogen (secondary N) is 1. The molecule has 5 heteroatoms. The number of hydrogen-bond acceptors (Lipinski definition) is 2. The standard InChI is InChI=1S/C14H17F2N3/c1-9-13(6-7-17-2)18-19(3)14(9)11-5-4-10(15)8-12(11)16/h4-5,8,17H,6-7H2,1-3H3. The third kappa shape index (κ3) is 2.66. The summed E-state index contributed by atoms with van der Waals surface area (Å²) in [5.41, 5.74) is 2.94. The lowest BCUT2D eigenvalue weighted by molar-refractivity contribution is 0.584. The first kappa shape index (κ1) is 13.7. The molecule has 0 aliphatic rings. The Balaban J connectivity index is 2.47. The van der Waals surface area contributed by atoms with Gasteiger partial charge >= 0.3 is 0 Å². The van der Waals surface area contributed by atoms with Crippen LogP contribution in [-0.2, 0) is 13.5 Å². The number of likely N-dealkylation sites (N-methyl/N-ethyl adjacent to an activating group) is 1. The number of hydrogen-bond donors (Lipinski definition) is 1. The van der Waals surface area contributed by atoms with Gasteiger partial charge in [0.25, 0.3) is 0 Å². The Morgan fingerprint density at radius 1 is 1.32 bits per heavy atom. The average molecular weight is 265 g/mol. The molecule has 3 nitrogen and oxygen atoms in total. The molecule has 1 N–H and O–H groups in total. The first-order valence-electron chi connectivity index (χ1n) is 6.17. The van der Waals surface area contributed by atoms with E-state index >= 15 is 0 Å². The summed E-state index contributed by atoms with van der Waals surface area (Å²) in [6.45, 7) is 2.72. The van der Waals surface area contributed by atoms with Crippen molar-refractivity contribution < 1.29 is 8.78 Å². The van der Waals surface area contributed by atoms with Gasteiger partial charge in [-0.3, -0.25) is 4.68 Å². The third-order valence-corrected chi connectivity index (χ3v) is 3.18. The quantitative estimate of drug-likeness (QED) is 0.920. The highest BCUT2D eigenvalue weighted by molar-refractivity contribution is 5.65. The lowest BCUT2D eigenvalue weighted by Gasteiger charge is -2.05. The second kappa shape index (κ2) is 5.48. The maximum Gasteiger partial charge on any atom is 0.135 e. The molecule has 0 atom stereocenters. The number of halogens is 2. The van der Waals surface area contributed by atoms with Gasteiger partial charge in [-0.25, -0.2) is 8.78 Å². The minimum absolute atomic E-state index is 0.379. The summed E-state index contributed by atoms with van der Waals surface area (Å²) in [5, 5.41) is 7.46. The fourth-order valence-corrected chi connectivity index (χ4v) is 2.22. The molecule has 1 aromatic carbocycles. The van der Waals surface area contributed by atoms with Crippen molar-refractivity contribution in [1.29, 1.82) is 0 Å². The molecule has 1 heterocycles. The van der Waals surface area contributed by atoms with E-state index in [2.05, 4.69) is 10.4 Å². The molecule has 0 fully saturated rings. The molecule has 0 spiro atoms. The van der Waals surface area contributed by atoms with E-state index in [-0.39, 0.29) is 0 Å². The lowest BCUT2D eigenvalue weighted by Crippen LogP contribution is -2.11. The first-order chi connectivity index (χ1) is 9.04. The number of benzene rings is 1. The Kier molecular flexibility index (Phi) is 3.95. The average Bonchev–Trinajstić information content (AvgIpc) is 2.63. The van der Waals surface area contributed by atoms with Gasteiger partial charge in [0.05, 0.1) is 11.4 Å². The van der Waals surface area contributed by atoms with Crippen LogP contribution in [0, 0.1) is 18.6 Å². The van der Waals surface area contributed by atoms with Crippen LogP contribution in [0.15, 0.2) is 18.2 Å². The Morgan fingerprint density at radius 2 is 2.05 bits per heavy atom. The Hall–Kier alpha value is -1.75. The summed E-state index contributed by atoms with van der Waals surface area (Å²) in [6.07, 6.45) is 0.777. The smallest absolute Gasteiger partial charge is 0.135 e. The third-order valence-electron chi connectivity index (χ3n) is 3.18. The molecular weight excluding hydrogens is 248 g/mol. The van der Waals surface area contributed by atoms with Crippen LogP contribution < -0.4 is 5.32 Å². The number of rotatable bonds is 4. The summed E-state index contributed by atoms with van der Waals surface area (Å²) >= 11 is 0. The minimum atomic E-state index is -0.573. The SMILES string of the molecule is CNCCc1nn(C)c(-c2ccc(F)cc2F)c1C. The van der Waals surface area contributed by atoms with Gasteiger partial charge in [0.1, 0.15) is 11.6 Å². The van der Waals surface area contributed by atoms with Crippen molar-refractivity contribution in [3.8, 4) is 11.3 Å². The summed E-state index contributed by atoms with van der Waals surface area (Å²) < 4.78 is 28.5. The highest BCUT2D eigenvalue weighted by Gasteiger charge is 2.17. The summed E-state index contributed by atoms with van der Waals surface area (Å²) in [5.74, 6) is -1.14.